The van der Waals surface area contributed by atoms with Crippen molar-refractivity contribution in [2.45, 2.75) is 49.8 Å². The van der Waals surface area contributed by atoms with Crippen LogP contribution >= 0.6 is 0 Å². The number of nitro groups is 1. The molecule has 0 heterocycles. The molecule has 6 nitrogen and oxygen atoms in total. The molecule has 0 amide bonds. The first kappa shape index (κ1) is 18.9. The summed E-state index contributed by atoms with van der Waals surface area (Å²) in [5.41, 5.74) is -1.84. The topological polar surface area (TPSA) is 92.5 Å². The Kier molecular flexibility index (Phi) is 5.36. The summed E-state index contributed by atoms with van der Waals surface area (Å²) in [6.45, 7) is 2.01. The molecule has 24 heavy (non-hydrogen) atoms. The van der Waals surface area contributed by atoms with E-state index < -0.39 is 34.0 Å². The Morgan fingerprint density at radius 3 is 2.75 bits per heavy atom. The van der Waals surface area contributed by atoms with Crippen LogP contribution in [-0.2, 0) is 22.9 Å². The number of aliphatic hydroxyl groups excluding tert-OH is 1. The van der Waals surface area contributed by atoms with Crippen LogP contribution in [0.5, 0.6) is 0 Å². The first-order valence-electron chi connectivity index (χ1n) is 7.63. The van der Waals surface area contributed by atoms with Gasteiger partial charge in [-0.05, 0) is 37.3 Å². The SMILES string of the molecule is CC[C@@H](C)S(=O)N[C@]1(C(F)(F)CO)CCc2ccc([N+](=O)[O-])cc21. The number of nitro benzene ring substituents is 1. The molecule has 2 N–H and O–H groups in total. The molecule has 0 aromatic heterocycles. The third kappa shape index (κ3) is 3.07. The van der Waals surface area contributed by atoms with Gasteiger partial charge in [-0.1, -0.05) is 13.0 Å². The molecular formula is C15H20F2N2O4S. The summed E-state index contributed by atoms with van der Waals surface area (Å²) in [4.78, 5) is 10.3. The van der Waals surface area contributed by atoms with E-state index in [0.717, 1.165) is 6.07 Å². The first-order valence-corrected chi connectivity index (χ1v) is 8.84. The molecule has 9 heteroatoms. The summed E-state index contributed by atoms with van der Waals surface area (Å²) in [5.74, 6) is -3.61. The number of aliphatic hydroxyl groups is 1. The third-order valence-corrected chi connectivity index (χ3v) is 6.19. The van der Waals surface area contributed by atoms with Gasteiger partial charge in [-0.2, -0.15) is 0 Å². The molecule has 1 unspecified atom stereocenters. The Hall–Kier alpha value is -1.45. The molecule has 0 bridgehead atoms. The quantitative estimate of drug-likeness (QED) is 0.575. The highest BCUT2D eigenvalue weighted by Gasteiger charge is 2.58. The number of hydrogen-bond donors (Lipinski definition) is 2. The van der Waals surface area contributed by atoms with E-state index in [-0.39, 0.29) is 29.3 Å². The number of halogens is 2. The van der Waals surface area contributed by atoms with Crippen LogP contribution in [-0.4, -0.2) is 32.0 Å². The highest BCUT2D eigenvalue weighted by molar-refractivity contribution is 7.83. The minimum atomic E-state index is -3.61. The van der Waals surface area contributed by atoms with E-state index in [1.54, 1.807) is 13.8 Å². The second-order valence-electron chi connectivity index (χ2n) is 5.98. The van der Waals surface area contributed by atoms with Gasteiger partial charge in [-0.25, -0.2) is 17.7 Å². The van der Waals surface area contributed by atoms with Gasteiger partial charge in [0.1, 0.15) is 12.1 Å². The van der Waals surface area contributed by atoms with Gasteiger partial charge in [0, 0.05) is 17.4 Å². The van der Waals surface area contributed by atoms with E-state index in [2.05, 4.69) is 4.72 Å². The van der Waals surface area contributed by atoms with Gasteiger partial charge in [0.25, 0.3) is 11.6 Å². The molecular weight excluding hydrogens is 342 g/mol. The Morgan fingerprint density at radius 1 is 1.54 bits per heavy atom. The maximum absolute atomic E-state index is 14.6. The predicted octanol–water partition coefficient (Wildman–Crippen LogP) is 2.42. The zero-order chi connectivity index (χ0) is 18.1. The highest BCUT2D eigenvalue weighted by atomic mass is 32.2. The van der Waals surface area contributed by atoms with E-state index in [1.165, 1.54) is 12.1 Å². The van der Waals surface area contributed by atoms with Gasteiger partial charge < -0.3 is 5.11 Å². The fourth-order valence-corrected chi connectivity index (χ4v) is 4.08. The predicted molar refractivity (Wildman–Crippen MR) is 86.2 cm³/mol. The Bertz CT molecular complexity index is 671. The zero-order valence-electron chi connectivity index (χ0n) is 13.4. The van der Waals surface area contributed by atoms with Crippen molar-refractivity contribution in [2.24, 2.45) is 0 Å². The number of nitrogens with zero attached hydrogens (tertiary/aromatic N) is 1. The second-order valence-corrected chi connectivity index (χ2v) is 7.59. The number of aryl methyl sites for hydroxylation is 1. The molecule has 3 atom stereocenters. The molecule has 134 valence electrons. The van der Waals surface area contributed by atoms with Crippen LogP contribution in [0.15, 0.2) is 18.2 Å². The monoisotopic (exact) mass is 362 g/mol. The average Bonchev–Trinajstić information content (AvgIpc) is 2.93. The summed E-state index contributed by atoms with van der Waals surface area (Å²) >= 11 is 0. The normalized spacial score (nSPS) is 22.9. The molecule has 0 spiro atoms. The fraction of sp³-hybridized carbons (Fsp3) is 0.600. The Labute approximate surface area is 141 Å². The average molecular weight is 362 g/mol. The molecule has 0 aliphatic heterocycles. The summed E-state index contributed by atoms with van der Waals surface area (Å²) in [6.07, 6.45) is 0.676. The van der Waals surface area contributed by atoms with E-state index >= 15 is 0 Å². The van der Waals surface area contributed by atoms with E-state index in [9.17, 15) is 28.2 Å². The Morgan fingerprint density at radius 2 is 2.21 bits per heavy atom. The summed E-state index contributed by atoms with van der Waals surface area (Å²) < 4.78 is 44.1. The lowest BCUT2D eigenvalue weighted by Crippen LogP contribution is -2.57. The summed E-state index contributed by atoms with van der Waals surface area (Å²) in [7, 11) is -1.78. The van der Waals surface area contributed by atoms with Gasteiger partial charge in [0.05, 0.1) is 15.9 Å². The lowest BCUT2D eigenvalue weighted by Gasteiger charge is -2.38. The van der Waals surface area contributed by atoms with Crippen molar-refractivity contribution in [1.82, 2.24) is 4.72 Å². The first-order chi connectivity index (χ1) is 11.2. The molecule has 1 aliphatic carbocycles. The van der Waals surface area contributed by atoms with Gasteiger partial charge in [0.2, 0.25) is 0 Å². The summed E-state index contributed by atoms with van der Waals surface area (Å²) in [6, 6.07) is 3.79. The maximum Gasteiger partial charge on any atom is 0.293 e. The van der Waals surface area contributed by atoms with Crippen molar-refractivity contribution in [1.29, 1.82) is 0 Å². The minimum absolute atomic E-state index is 0.0346. The van der Waals surface area contributed by atoms with Crippen molar-refractivity contribution < 1.29 is 23.0 Å². The molecule has 0 fully saturated rings. The molecule has 0 radical (unpaired) electrons. The van der Waals surface area contributed by atoms with Gasteiger partial charge in [0.15, 0.2) is 0 Å². The van der Waals surface area contributed by atoms with E-state index in [1.807, 2.05) is 0 Å². The van der Waals surface area contributed by atoms with Crippen molar-refractivity contribution in [3.05, 3.63) is 39.4 Å². The minimum Gasteiger partial charge on any atom is -0.390 e. The Balaban J connectivity index is 2.57. The van der Waals surface area contributed by atoms with Gasteiger partial charge >= 0.3 is 0 Å². The summed E-state index contributed by atoms with van der Waals surface area (Å²) in [5, 5.41) is 19.8. The van der Waals surface area contributed by atoms with Crippen LogP contribution in [0.1, 0.15) is 37.8 Å². The number of nitrogens with one attached hydrogen (secondary N) is 1. The maximum atomic E-state index is 14.6. The van der Waals surface area contributed by atoms with Crippen LogP contribution in [0.2, 0.25) is 0 Å². The lowest BCUT2D eigenvalue weighted by molar-refractivity contribution is -0.385. The van der Waals surface area contributed by atoms with Crippen molar-refractivity contribution in [3.63, 3.8) is 0 Å². The van der Waals surface area contributed by atoms with Crippen LogP contribution < -0.4 is 4.72 Å². The van der Waals surface area contributed by atoms with Crippen LogP contribution in [0, 0.1) is 10.1 Å². The van der Waals surface area contributed by atoms with Crippen molar-refractivity contribution >= 4 is 16.7 Å². The molecule has 2 rings (SSSR count). The number of hydrogen-bond acceptors (Lipinski definition) is 4. The smallest absolute Gasteiger partial charge is 0.293 e. The number of rotatable bonds is 7. The zero-order valence-corrected chi connectivity index (χ0v) is 14.2. The third-order valence-electron chi connectivity index (χ3n) is 4.57. The number of non-ortho nitro benzene ring substituents is 1. The molecule has 0 saturated carbocycles. The molecule has 1 aromatic carbocycles. The van der Waals surface area contributed by atoms with Crippen LogP contribution in [0.25, 0.3) is 0 Å². The molecule has 0 saturated heterocycles. The van der Waals surface area contributed by atoms with Crippen molar-refractivity contribution in [2.75, 3.05) is 6.61 Å². The standard InChI is InChI=1S/C15H20F2N2O4S/c1-3-10(2)24(23)18-14(15(16,17)9-20)7-6-11-4-5-12(19(21)22)8-13(11)14/h4-5,8,10,18,20H,3,6-7,9H2,1-2H3/t10-,14-,24?/m1/s1. The van der Waals surface area contributed by atoms with Gasteiger partial charge in [-0.15, -0.1) is 0 Å². The molecule has 1 aliphatic rings. The highest BCUT2D eigenvalue weighted by Crippen LogP contribution is 2.48. The van der Waals surface area contributed by atoms with E-state index in [4.69, 9.17) is 0 Å². The lowest BCUT2D eigenvalue weighted by atomic mass is 9.86. The number of fused-ring (bicyclic) bond motifs is 1. The molecule has 1 aromatic rings. The number of alkyl halides is 2. The van der Waals surface area contributed by atoms with Crippen molar-refractivity contribution in [3.8, 4) is 0 Å². The number of benzene rings is 1. The van der Waals surface area contributed by atoms with Crippen LogP contribution in [0.4, 0.5) is 14.5 Å². The largest absolute Gasteiger partial charge is 0.390 e. The van der Waals surface area contributed by atoms with Crippen LogP contribution in [0.3, 0.4) is 0 Å². The van der Waals surface area contributed by atoms with E-state index in [0.29, 0.717) is 12.0 Å². The van der Waals surface area contributed by atoms with Gasteiger partial charge in [-0.3, -0.25) is 10.1 Å². The second kappa shape index (κ2) is 6.81. The fourth-order valence-electron chi connectivity index (χ4n) is 2.87.